The number of hydrogen-bond acceptors (Lipinski definition) is 6. The quantitative estimate of drug-likeness (QED) is 0.681. The van der Waals surface area contributed by atoms with Gasteiger partial charge in [-0.3, -0.25) is 19.3 Å². The summed E-state index contributed by atoms with van der Waals surface area (Å²) < 4.78 is 5.56. The average Bonchev–Trinajstić information content (AvgIpc) is 3.45. The molecule has 2 aliphatic heterocycles. The Labute approximate surface area is 173 Å². The smallest absolute Gasteiger partial charge is 0.261 e. The second kappa shape index (κ2) is 8.04. The van der Waals surface area contributed by atoms with Gasteiger partial charge < -0.3 is 9.64 Å². The highest BCUT2D eigenvalue weighted by atomic mass is 32.1. The number of hydrogen-bond donors (Lipinski definition) is 0. The van der Waals surface area contributed by atoms with Gasteiger partial charge in [-0.25, -0.2) is 4.98 Å². The fraction of sp³-hybridized carbons (Fsp3) is 0.429. The molecule has 152 valence electrons. The standard InChI is InChI=1S/C21H23N3O4S/c1-3-18-22-14(12-29-18)10-23(2)19(25)13-6-7-16-17(9-13)21(27)24(20(16)26)11-15-5-4-8-28-15/h6-7,9,12,15H,3-5,8,10-11H2,1-2H3. The molecule has 0 bridgehead atoms. The zero-order valence-electron chi connectivity index (χ0n) is 16.5. The average molecular weight is 413 g/mol. The van der Waals surface area contributed by atoms with Crippen LogP contribution in [0.3, 0.4) is 0 Å². The second-order valence-corrected chi connectivity index (χ2v) is 8.31. The minimum absolute atomic E-state index is 0.101. The van der Waals surface area contributed by atoms with E-state index in [0.717, 1.165) is 30.0 Å². The molecule has 1 atom stereocenters. The van der Waals surface area contributed by atoms with Gasteiger partial charge in [0.15, 0.2) is 0 Å². The number of aryl methyl sites for hydroxylation is 1. The van der Waals surface area contributed by atoms with Gasteiger partial charge in [-0.1, -0.05) is 6.92 Å². The molecule has 8 heteroatoms. The predicted octanol–water partition coefficient (Wildman–Crippen LogP) is 2.75. The first-order valence-corrected chi connectivity index (χ1v) is 10.7. The molecule has 2 aromatic rings. The van der Waals surface area contributed by atoms with Crippen molar-refractivity contribution in [3.8, 4) is 0 Å². The van der Waals surface area contributed by atoms with E-state index < -0.39 is 0 Å². The van der Waals surface area contributed by atoms with E-state index >= 15 is 0 Å². The Morgan fingerprint density at radius 1 is 1.31 bits per heavy atom. The maximum absolute atomic E-state index is 12.8. The highest BCUT2D eigenvalue weighted by Gasteiger charge is 2.38. The van der Waals surface area contributed by atoms with E-state index in [1.807, 2.05) is 12.3 Å². The van der Waals surface area contributed by atoms with Crippen LogP contribution in [-0.4, -0.2) is 58.8 Å². The fourth-order valence-electron chi connectivity index (χ4n) is 3.70. The van der Waals surface area contributed by atoms with E-state index in [-0.39, 0.29) is 35.9 Å². The van der Waals surface area contributed by atoms with Crippen molar-refractivity contribution in [3.63, 3.8) is 0 Å². The minimum atomic E-state index is -0.357. The molecule has 2 aliphatic rings. The Kier molecular flexibility index (Phi) is 5.47. The first kappa shape index (κ1) is 19.7. The molecule has 29 heavy (non-hydrogen) atoms. The Morgan fingerprint density at radius 2 is 2.10 bits per heavy atom. The van der Waals surface area contributed by atoms with Gasteiger partial charge >= 0.3 is 0 Å². The van der Waals surface area contributed by atoms with Crippen LogP contribution in [0.4, 0.5) is 0 Å². The van der Waals surface area contributed by atoms with E-state index in [2.05, 4.69) is 4.98 Å². The summed E-state index contributed by atoms with van der Waals surface area (Å²) in [5.74, 6) is -0.885. The van der Waals surface area contributed by atoms with Crippen LogP contribution in [0, 0.1) is 0 Å². The summed E-state index contributed by atoms with van der Waals surface area (Å²) in [7, 11) is 1.71. The Balaban J connectivity index is 1.49. The van der Waals surface area contributed by atoms with Crippen molar-refractivity contribution in [1.29, 1.82) is 0 Å². The summed E-state index contributed by atoms with van der Waals surface area (Å²) in [4.78, 5) is 45.6. The molecule has 1 fully saturated rings. The Morgan fingerprint density at radius 3 is 2.79 bits per heavy atom. The highest BCUT2D eigenvalue weighted by Crippen LogP contribution is 2.26. The summed E-state index contributed by atoms with van der Waals surface area (Å²) >= 11 is 1.58. The number of benzene rings is 1. The van der Waals surface area contributed by atoms with Crippen LogP contribution < -0.4 is 0 Å². The van der Waals surface area contributed by atoms with Gasteiger partial charge in [0.25, 0.3) is 17.7 Å². The summed E-state index contributed by atoms with van der Waals surface area (Å²) in [6.07, 6.45) is 2.55. The van der Waals surface area contributed by atoms with Crippen LogP contribution >= 0.6 is 11.3 Å². The van der Waals surface area contributed by atoms with E-state index in [9.17, 15) is 14.4 Å². The molecule has 0 N–H and O–H groups in total. The van der Waals surface area contributed by atoms with Crippen LogP contribution in [0.2, 0.25) is 0 Å². The van der Waals surface area contributed by atoms with Crippen LogP contribution in [0.15, 0.2) is 23.6 Å². The number of amides is 3. The van der Waals surface area contributed by atoms with Crippen molar-refractivity contribution in [2.24, 2.45) is 0 Å². The molecular weight excluding hydrogens is 390 g/mol. The van der Waals surface area contributed by atoms with Crippen molar-refractivity contribution >= 4 is 29.1 Å². The molecule has 1 unspecified atom stereocenters. The van der Waals surface area contributed by atoms with Gasteiger partial charge in [-0.2, -0.15) is 0 Å². The van der Waals surface area contributed by atoms with Crippen molar-refractivity contribution < 1.29 is 19.1 Å². The van der Waals surface area contributed by atoms with Crippen LogP contribution in [0.5, 0.6) is 0 Å². The lowest BCUT2D eigenvalue weighted by molar-refractivity contribution is 0.0475. The third-order valence-electron chi connectivity index (χ3n) is 5.28. The number of aromatic nitrogens is 1. The van der Waals surface area contributed by atoms with Crippen molar-refractivity contribution in [2.45, 2.75) is 38.8 Å². The third-order valence-corrected chi connectivity index (χ3v) is 6.32. The van der Waals surface area contributed by atoms with Gasteiger partial charge in [-0.15, -0.1) is 11.3 Å². The number of imide groups is 1. The first-order chi connectivity index (χ1) is 14.0. The van der Waals surface area contributed by atoms with E-state index in [1.165, 1.54) is 11.0 Å². The maximum atomic E-state index is 12.8. The lowest BCUT2D eigenvalue weighted by Gasteiger charge is -2.18. The monoisotopic (exact) mass is 413 g/mol. The van der Waals surface area contributed by atoms with Crippen LogP contribution in [0.25, 0.3) is 0 Å². The Hall–Kier alpha value is -2.58. The van der Waals surface area contributed by atoms with Crippen molar-refractivity contribution in [3.05, 3.63) is 51.0 Å². The first-order valence-electron chi connectivity index (χ1n) is 9.78. The van der Waals surface area contributed by atoms with Gasteiger partial charge in [0.2, 0.25) is 0 Å². The molecule has 3 heterocycles. The number of nitrogens with zero attached hydrogens (tertiary/aromatic N) is 3. The molecule has 7 nitrogen and oxygen atoms in total. The van der Waals surface area contributed by atoms with E-state index in [4.69, 9.17) is 4.74 Å². The zero-order valence-corrected chi connectivity index (χ0v) is 17.3. The number of ether oxygens (including phenoxy) is 1. The molecule has 0 saturated carbocycles. The van der Waals surface area contributed by atoms with Gasteiger partial charge in [-0.05, 0) is 37.5 Å². The summed E-state index contributed by atoms with van der Waals surface area (Å²) in [6.45, 7) is 3.36. The molecule has 0 spiro atoms. The van der Waals surface area contributed by atoms with Gasteiger partial charge in [0.05, 0.1) is 41.0 Å². The lowest BCUT2D eigenvalue weighted by Crippen LogP contribution is -2.36. The fourth-order valence-corrected chi connectivity index (χ4v) is 4.44. The lowest BCUT2D eigenvalue weighted by atomic mass is 10.0. The van der Waals surface area contributed by atoms with Gasteiger partial charge in [0.1, 0.15) is 0 Å². The summed E-state index contributed by atoms with van der Waals surface area (Å²) in [5, 5.41) is 2.99. The SMILES string of the molecule is CCc1nc(CN(C)C(=O)c2ccc3c(c2)C(=O)N(CC2CCCO2)C3=O)cs1. The van der Waals surface area contributed by atoms with E-state index in [1.54, 1.807) is 35.4 Å². The second-order valence-electron chi connectivity index (χ2n) is 7.36. The van der Waals surface area contributed by atoms with Crippen molar-refractivity contribution in [2.75, 3.05) is 20.2 Å². The van der Waals surface area contributed by atoms with Crippen LogP contribution in [-0.2, 0) is 17.7 Å². The number of fused-ring (bicyclic) bond motifs is 1. The molecular formula is C21H23N3O4S. The molecule has 1 saturated heterocycles. The largest absolute Gasteiger partial charge is 0.376 e. The number of rotatable bonds is 6. The summed E-state index contributed by atoms with van der Waals surface area (Å²) in [5.41, 5.74) is 1.86. The van der Waals surface area contributed by atoms with Gasteiger partial charge in [0, 0.05) is 24.6 Å². The molecule has 1 aromatic carbocycles. The molecule has 1 aromatic heterocycles. The molecule has 4 rings (SSSR count). The normalized spacial score (nSPS) is 18.4. The molecule has 0 radical (unpaired) electrons. The number of carbonyl (C=O) groups excluding carboxylic acids is 3. The summed E-state index contributed by atoms with van der Waals surface area (Å²) in [6, 6.07) is 4.71. The van der Waals surface area contributed by atoms with Crippen LogP contribution in [0.1, 0.15) is 61.5 Å². The third kappa shape index (κ3) is 3.82. The predicted molar refractivity (Wildman–Crippen MR) is 108 cm³/mol. The Bertz CT molecular complexity index is 965. The van der Waals surface area contributed by atoms with E-state index in [0.29, 0.717) is 24.3 Å². The highest BCUT2D eigenvalue weighted by molar-refractivity contribution is 7.09. The zero-order chi connectivity index (χ0) is 20.5. The minimum Gasteiger partial charge on any atom is -0.376 e. The number of thiazole rings is 1. The maximum Gasteiger partial charge on any atom is 0.261 e. The molecule has 3 amide bonds. The van der Waals surface area contributed by atoms with Crippen molar-refractivity contribution in [1.82, 2.24) is 14.8 Å². The topological polar surface area (TPSA) is 79.8 Å². The number of carbonyl (C=O) groups is 3. The molecule has 0 aliphatic carbocycles.